The standard InChI is InChI=1S/C13H16N2O.C2H6/c1-9-8-14-12-6-5-10(15(2)3)7-11(12)13(9)16-4;1-2/h5-8H,1-4H3;1-2H3. The van der Waals surface area contributed by atoms with Crippen LogP contribution in [0.2, 0.25) is 0 Å². The molecule has 2 rings (SSSR count). The highest BCUT2D eigenvalue weighted by Crippen LogP contribution is 2.30. The van der Waals surface area contributed by atoms with Gasteiger partial charge >= 0.3 is 0 Å². The van der Waals surface area contributed by atoms with Gasteiger partial charge in [0.05, 0.1) is 12.6 Å². The van der Waals surface area contributed by atoms with Crippen molar-refractivity contribution in [3.63, 3.8) is 0 Å². The maximum atomic E-state index is 5.43. The topological polar surface area (TPSA) is 25.4 Å². The molecule has 0 aliphatic carbocycles. The SMILES string of the molecule is CC.COc1c(C)cnc2ccc(N(C)C)cc12. The molecule has 1 aromatic carbocycles. The molecule has 0 saturated carbocycles. The number of anilines is 1. The summed E-state index contributed by atoms with van der Waals surface area (Å²) in [7, 11) is 5.75. The minimum absolute atomic E-state index is 0.911. The Labute approximate surface area is 109 Å². The van der Waals surface area contributed by atoms with Crippen molar-refractivity contribution in [3.8, 4) is 5.75 Å². The number of ether oxygens (including phenoxy) is 1. The van der Waals surface area contributed by atoms with E-state index in [-0.39, 0.29) is 0 Å². The number of nitrogens with zero attached hydrogens (tertiary/aromatic N) is 2. The molecule has 0 saturated heterocycles. The minimum atomic E-state index is 0.911. The van der Waals surface area contributed by atoms with Gasteiger partial charge in [0, 0.05) is 36.9 Å². The largest absolute Gasteiger partial charge is 0.496 e. The number of aryl methyl sites for hydroxylation is 1. The Bertz CT molecular complexity index is 521. The van der Waals surface area contributed by atoms with Crippen LogP contribution in [0.5, 0.6) is 5.75 Å². The lowest BCUT2D eigenvalue weighted by Crippen LogP contribution is -2.08. The van der Waals surface area contributed by atoms with Crippen molar-refractivity contribution in [2.45, 2.75) is 20.8 Å². The van der Waals surface area contributed by atoms with Gasteiger partial charge in [-0.3, -0.25) is 4.98 Å². The van der Waals surface area contributed by atoms with Gasteiger partial charge in [-0.2, -0.15) is 0 Å². The lowest BCUT2D eigenvalue weighted by Gasteiger charge is -2.14. The van der Waals surface area contributed by atoms with Crippen molar-refractivity contribution in [2.24, 2.45) is 0 Å². The molecule has 0 N–H and O–H groups in total. The molecule has 98 valence electrons. The summed E-state index contributed by atoms with van der Waals surface area (Å²) in [5.41, 5.74) is 3.18. The van der Waals surface area contributed by atoms with Crippen LogP contribution in [0.4, 0.5) is 5.69 Å². The van der Waals surface area contributed by atoms with Gasteiger partial charge in [-0.25, -0.2) is 0 Å². The number of aromatic nitrogens is 1. The first-order chi connectivity index (χ1) is 8.63. The molecule has 3 heteroatoms. The van der Waals surface area contributed by atoms with Crippen LogP contribution in [0.25, 0.3) is 10.9 Å². The first-order valence-corrected chi connectivity index (χ1v) is 6.24. The molecular formula is C15H22N2O. The van der Waals surface area contributed by atoms with E-state index in [2.05, 4.69) is 22.0 Å². The second-order valence-electron chi connectivity index (χ2n) is 4.07. The van der Waals surface area contributed by atoms with Gasteiger partial charge in [-0.1, -0.05) is 13.8 Å². The van der Waals surface area contributed by atoms with E-state index in [1.807, 2.05) is 47.1 Å². The maximum absolute atomic E-state index is 5.43. The number of benzene rings is 1. The summed E-state index contributed by atoms with van der Waals surface area (Å²) in [5.74, 6) is 0.911. The number of hydrogen-bond donors (Lipinski definition) is 0. The fourth-order valence-corrected chi connectivity index (χ4v) is 1.81. The number of methoxy groups -OCH3 is 1. The fourth-order valence-electron chi connectivity index (χ4n) is 1.81. The van der Waals surface area contributed by atoms with Crippen molar-refractivity contribution in [2.75, 3.05) is 26.1 Å². The third-order valence-corrected chi connectivity index (χ3v) is 2.70. The van der Waals surface area contributed by atoms with Crippen LogP contribution in [0, 0.1) is 6.92 Å². The van der Waals surface area contributed by atoms with Crippen LogP contribution in [-0.4, -0.2) is 26.2 Å². The molecule has 0 radical (unpaired) electrons. The minimum Gasteiger partial charge on any atom is -0.496 e. The Morgan fingerprint density at radius 1 is 1.17 bits per heavy atom. The first-order valence-electron chi connectivity index (χ1n) is 6.24. The van der Waals surface area contributed by atoms with E-state index in [4.69, 9.17) is 4.74 Å². The van der Waals surface area contributed by atoms with Gasteiger partial charge in [0.1, 0.15) is 5.75 Å². The summed E-state index contributed by atoms with van der Waals surface area (Å²) in [4.78, 5) is 6.46. The molecule has 1 heterocycles. The van der Waals surface area contributed by atoms with Crippen LogP contribution in [0.15, 0.2) is 24.4 Å². The highest BCUT2D eigenvalue weighted by molar-refractivity contribution is 5.89. The van der Waals surface area contributed by atoms with E-state index < -0.39 is 0 Å². The summed E-state index contributed by atoms with van der Waals surface area (Å²) >= 11 is 0. The molecule has 0 amide bonds. The van der Waals surface area contributed by atoms with E-state index in [9.17, 15) is 0 Å². The van der Waals surface area contributed by atoms with Crippen molar-refractivity contribution in [1.82, 2.24) is 4.98 Å². The zero-order valence-electron chi connectivity index (χ0n) is 12.1. The number of fused-ring (bicyclic) bond motifs is 1. The Kier molecular flexibility index (Phi) is 4.95. The average molecular weight is 246 g/mol. The summed E-state index contributed by atoms with van der Waals surface area (Å²) < 4.78 is 5.43. The molecule has 0 bridgehead atoms. The summed E-state index contributed by atoms with van der Waals surface area (Å²) in [6, 6.07) is 6.19. The lowest BCUT2D eigenvalue weighted by atomic mass is 10.1. The molecule has 1 aromatic heterocycles. The van der Waals surface area contributed by atoms with Crippen LogP contribution in [0.3, 0.4) is 0 Å². The highest BCUT2D eigenvalue weighted by Gasteiger charge is 2.07. The van der Waals surface area contributed by atoms with Crippen molar-refractivity contribution >= 4 is 16.6 Å². The fraction of sp³-hybridized carbons (Fsp3) is 0.400. The Hall–Kier alpha value is -1.77. The van der Waals surface area contributed by atoms with E-state index in [1.165, 1.54) is 0 Å². The molecule has 2 aromatic rings. The van der Waals surface area contributed by atoms with Crippen molar-refractivity contribution < 1.29 is 4.74 Å². The Morgan fingerprint density at radius 2 is 1.83 bits per heavy atom. The second-order valence-corrected chi connectivity index (χ2v) is 4.07. The molecule has 0 aliphatic heterocycles. The second kappa shape index (κ2) is 6.24. The number of hydrogen-bond acceptors (Lipinski definition) is 3. The molecule has 0 unspecified atom stereocenters. The molecular weight excluding hydrogens is 224 g/mol. The van der Waals surface area contributed by atoms with Gasteiger partial charge < -0.3 is 9.64 Å². The van der Waals surface area contributed by atoms with Gasteiger partial charge in [-0.15, -0.1) is 0 Å². The van der Waals surface area contributed by atoms with Gasteiger partial charge in [0.2, 0.25) is 0 Å². The third kappa shape index (κ3) is 2.73. The first kappa shape index (κ1) is 14.3. The Morgan fingerprint density at radius 3 is 2.39 bits per heavy atom. The van der Waals surface area contributed by atoms with Crippen LogP contribution >= 0.6 is 0 Å². The third-order valence-electron chi connectivity index (χ3n) is 2.70. The van der Waals surface area contributed by atoms with E-state index in [0.29, 0.717) is 0 Å². The van der Waals surface area contributed by atoms with E-state index >= 15 is 0 Å². The smallest absolute Gasteiger partial charge is 0.132 e. The average Bonchev–Trinajstić information content (AvgIpc) is 2.40. The van der Waals surface area contributed by atoms with Gasteiger partial charge in [0.15, 0.2) is 0 Å². The van der Waals surface area contributed by atoms with E-state index in [0.717, 1.165) is 27.9 Å². The van der Waals surface area contributed by atoms with Crippen molar-refractivity contribution in [3.05, 3.63) is 30.0 Å². The molecule has 0 atom stereocenters. The predicted molar refractivity (Wildman–Crippen MR) is 78.7 cm³/mol. The zero-order chi connectivity index (χ0) is 13.7. The molecule has 0 aliphatic rings. The molecule has 18 heavy (non-hydrogen) atoms. The normalized spacial score (nSPS) is 9.67. The van der Waals surface area contributed by atoms with Crippen LogP contribution in [-0.2, 0) is 0 Å². The lowest BCUT2D eigenvalue weighted by molar-refractivity contribution is 0.416. The summed E-state index contributed by atoms with van der Waals surface area (Å²) in [6.07, 6.45) is 1.84. The zero-order valence-corrected chi connectivity index (χ0v) is 12.1. The molecule has 0 fully saturated rings. The summed E-state index contributed by atoms with van der Waals surface area (Å²) in [5, 5.41) is 1.06. The van der Waals surface area contributed by atoms with E-state index in [1.54, 1.807) is 7.11 Å². The predicted octanol–water partition coefficient (Wildman–Crippen LogP) is 3.64. The molecule has 3 nitrogen and oxygen atoms in total. The number of rotatable bonds is 2. The Balaban J connectivity index is 0.000000771. The monoisotopic (exact) mass is 246 g/mol. The maximum Gasteiger partial charge on any atom is 0.132 e. The van der Waals surface area contributed by atoms with Gasteiger partial charge in [-0.05, 0) is 25.1 Å². The quantitative estimate of drug-likeness (QED) is 0.809. The number of pyridine rings is 1. The highest BCUT2D eigenvalue weighted by atomic mass is 16.5. The molecule has 0 spiro atoms. The van der Waals surface area contributed by atoms with Crippen molar-refractivity contribution in [1.29, 1.82) is 0 Å². The van der Waals surface area contributed by atoms with Gasteiger partial charge in [0.25, 0.3) is 0 Å². The van der Waals surface area contributed by atoms with Crippen LogP contribution in [0.1, 0.15) is 19.4 Å². The van der Waals surface area contributed by atoms with Crippen LogP contribution < -0.4 is 9.64 Å². The summed E-state index contributed by atoms with van der Waals surface area (Å²) in [6.45, 7) is 6.01.